The molecule has 1 aromatic carbocycles. The van der Waals surface area contributed by atoms with E-state index in [1.807, 2.05) is 54.7 Å². The maximum absolute atomic E-state index is 12.6. The van der Waals surface area contributed by atoms with Gasteiger partial charge in [0.25, 0.3) is 0 Å². The van der Waals surface area contributed by atoms with Gasteiger partial charge in [0.2, 0.25) is 12.7 Å². The standard InChI is InChI=1S/C16H18N2O3S.C2HF3O2/c1-18(2)15(16(19)17-9-12-4-3-7-22-12)11-5-6-13-14(8-11)21-10-20-13;3-2(4,5)1(6)7/h3-8,15H,9-10H2,1-2H3,(H,17,19);(H,6,7). The summed E-state index contributed by atoms with van der Waals surface area (Å²) in [6, 6.07) is 9.25. The average Bonchev–Trinajstić information content (AvgIpc) is 3.30. The van der Waals surface area contributed by atoms with Gasteiger partial charge in [0.1, 0.15) is 6.04 Å². The zero-order chi connectivity index (χ0) is 21.6. The SMILES string of the molecule is CN(C)C(C(=O)NCc1cccs1)c1ccc2c(c1)OCO2.O=C(O)C(F)(F)F. The zero-order valence-corrected chi connectivity index (χ0v) is 16.3. The van der Waals surface area contributed by atoms with E-state index in [1.54, 1.807) is 11.3 Å². The number of alkyl halides is 3. The summed E-state index contributed by atoms with van der Waals surface area (Å²) in [5, 5.41) is 12.1. The number of halogens is 3. The Morgan fingerprint density at radius 1 is 1.24 bits per heavy atom. The summed E-state index contributed by atoms with van der Waals surface area (Å²) in [6.45, 7) is 0.779. The summed E-state index contributed by atoms with van der Waals surface area (Å²) >= 11 is 1.63. The van der Waals surface area contributed by atoms with Crippen molar-refractivity contribution < 1.29 is 37.3 Å². The first kappa shape index (κ1) is 22.5. The number of benzene rings is 1. The number of nitrogens with zero attached hydrogens (tertiary/aromatic N) is 1. The summed E-state index contributed by atoms with van der Waals surface area (Å²) in [7, 11) is 3.78. The van der Waals surface area contributed by atoms with Crippen LogP contribution in [0.4, 0.5) is 13.2 Å². The number of likely N-dealkylation sites (N-methyl/N-ethyl adjacent to an activating group) is 1. The minimum Gasteiger partial charge on any atom is -0.475 e. The third-order valence-corrected chi connectivity index (χ3v) is 4.61. The molecule has 0 saturated heterocycles. The van der Waals surface area contributed by atoms with Gasteiger partial charge in [0, 0.05) is 4.88 Å². The number of ether oxygens (including phenoxy) is 2. The van der Waals surface area contributed by atoms with Crippen molar-refractivity contribution in [3.8, 4) is 11.5 Å². The quantitative estimate of drug-likeness (QED) is 0.755. The molecule has 0 aliphatic carbocycles. The fraction of sp³-hybridized carbons (Fsp3) is 0.333. The number of aliphatic carboxylic acids is 1. The van der Waals surface area contributed by atoms with E-state index in [2.05, 4.69) is 5.32 Å². The third kappa shape index (κ3) is 6.36. The lowest BCUT2D eigenvalue weighted by Crippen LogP contribution is -2.36. The zero-order valence-electron chi connectivity index (χ0n) is 15.5. The van der Waals surface area contributed by atoms with Crippen LogP contribution in [0.25, 0.3) is 0 Å². The second kappa shape index (κ2) is 9.61. The molecule has 1 amide bonds. The summed E-state index contributed by atoms with van der Waals surface area (Å²) in [5.41, 5.74) is 0.887. The van der Waals surface area contributed by atoms with Gasteiger partial charge in [-0.1, -0.05) is 12.1 Å². The number of carbonyl (C=O) groups excluding carboxylic acids is 1. The number of nitrogens with one attached hydrogen (secondary N) is 1. The van der Waals surface area contributed by atoms with Crippen LogP contribution in [0.5, 0.6) is 11.5 Å². The summed E-state index contributed by atoms with van der Waals surface area (Å²) in [5.74, 6) is -1.37. The highest BCUT2D eigenvalue weighted by atomic mass is 32.1. The van der Waals surface area contributed by atoms with E-state index in [9.17, 15) is 18.0 Å². The van der Waals surface area contributed by atoms with Gasteiger partial charge < -0.3 is 19.9 Å². The molecule has 1 unspecified atom stereocenters. The molecule has 7 nitrogen and oxygen atoms in total. The monoisotopic (exact) mass is 432 g/mol. The first-order valence-electron chi connectivity index (χ1n) is 8.25. The Morgan fingerprint density at radius 3 is 2.45 bits per heavy atom. The number of hydrogen-bond donors (Lipinski definition) is 2. The highest BCUT2D eigenvalue weighted by Crippen LogP contribution is 2.35. The van der Waals surface area contributed by atoms with Gasteiger partial charge in [-0.3, -0.25) is 9.69 Å². The predicted molar refractivity (Wildman–Crippen MR) is 98.8 cm³/mol. The Morgan fingerprint density at radius 2 is 1.90 bits per heavy atom. The van der Waals surface area contributed by atoms with Crippen LogP contribution >= 0.6 is 11.3 Å². The van der Waals surface area contributed by atoms with Crippen molar-refractivity contribution in [2.45, 2.75) is 18.8 Å². The molecule has 2 heterocycles. The fourth-order valence-corrected chi connectivity index (χ4v) is 3.10. The van der Waals surface area contributed by atoms with Crippen LogP contribution in [0.2, 0.25) is 0 Å². The number of carboxylic acid groups (broad SMARTS) is 1. The Labute approximate surface area is 168 Å². The molecule has 0 radical (unpaired) electrons. The molecule has 0 fully saturated rings. The Kier molecular flexibility index (Phi) is 7.46. The first-order chi connectivity index (χ1) is 13.6. The number of thiophene rings is 1. The van der Waals surface area contributed by atoms with Gasteiger partial charge in [0.05, 0.1) is 6.54 Å². The van der Waals surface area contributed by atoms with Crippen molar-refractivity contribution in [1.82, 2.24) is 10.2 Å². The molecule has 1 atom stereocenters. The average molecular weight is 432 g/mol. The topological polar surface area (TPSA) is 88.1 Å². The lowest BCUT2D eigenvalue weighted by Gasteiger charge is -2.24. The highest BCUT2D eigenvalue weighted by molar-refractivity contribution is 7.09. The minimum atomic E-state index is -5.08. The van der Waals surface area contributed by atoms with E-state index in [0.29, 0.717) is 12.3 Å². The van der Waals surface area contributed by atoms with Gasteiger partial charge in [-0.05, 0) is 43.2 Å². The second-order valence-electron chi connectivity index (χ2n) is 6.08. The van der Waals surface area contributed by atoms with Crippen molar-refractivity contribution in [3.63, 3.8) is 0 Å². The van der Waals surface area contributed by atoms with Crippen molar-refractivity contribution in [2.75, 3.05) is 20.9 Å². The molecule has 29 heavy (non-hydrogen) atoms. The molecular weight excluding hydrogens is 413 g/mol. The number of carboxylic acids is 1. The van der Waals surface area contributed by atoms with Gasteiger partial charge in [-0.25, -0.2) is 4.79 Å². The lowest BCUT2D eigenvalue weighted by atomic mass is 10.0. The number of rotatable bonds is 5. The third-order valence-electron chi connectivity index (χ3n) is 3.74. The predicted octanol–water partition coefficient (Wildman–Crippen LogP) is 3.03. The van der Waals surface area contributed by atoms with E-state index in [-0.39, 0.29) is 18.7 Å². The minimum absolute atomic E-state index is 0.0303. The van der Waals surface area contributed by atoms with Gasteiger partial charge in [0.15, 0.2) is 11.5 Å². The number of amides is 1. The van der Waals surface area contributed by atoms with Gasteiger partial charge >= 0.3 is 12.1 Å². The van der Waals surface area contributed by atoms with Crippen LogP contribution < -0.4 is 14.8 Å². The van der Waals surface area contributed by atoms with Crippen LogP contribution in [0, 0.1) is 0 Å². The maximum atomic E-state index is 12.6. The van der Waals surface area contributed by atoms with Crippen LogP contribution in [0.3, 0.4) is 0 Å². The van der Waals surface area contributed by atoms with Crippen LogP contribution in [0.1, 0.15) is 16.5 Å². The van der Waals surface area contributed by atoms with Gasteiger partial charge in [-0.15, -0.1) is 11.3 Å². The van der Waals surface area contributed by atoms with E-state index < -0.39 is 12.1 Å². The van der Waals surface area contributed by atoms with Gasteiger partial charge in [-0.2, -0.15) is 13.2 Å². The largest absolute Gasteiger partial charge is 0.490 e. The number of fused-ring (bicyclic) bond motifs is 1. The fourth-order valence-electron chi connectivity index (χ4n) is 2.45. The number of hydrogen-bond acceptors (Lipinski definition) is 6. The second-order valence-corrected chi connectivity index (χ2v) is 7.11. The summed E-state index contributed by atoms with van der Waals surface area (Å²) in [6.07, 6.45) is -5.08. The molecule has 1 aliphatic heterocycles. The van der Waals surface area contributed by atoms with Crippen LogP contribution in [-0.2, 0) is 16.1 Å². The molecule has 3 rings (SSSR count). The maximum Gasteiger partial charge on any atom is 0.490 e. The Balaban J connectivity index is 0.000000370. The molecule has 1 aromatic heterocycles. The molecule has 0 saturated carbocycles. The molecule has 0 spiro atoms. The van der Waals surface area contributed by atoms with Crippen LogP contribution in [-0.4, -0.2) is 48.9 Å². The smallest absolute Gasteiger partial charge is 0.475 e. The summed E-state index contributed by atoms with van der Waals surface area (Å²) < 4.78 is 42.4. The van der Waals surface area contributed by atoms with Crippen LogP contribution in [0.15, 0.2) is 35.7 Å². The first-order valence-corrected chi connectivity index (χ1v) is 9.13. The van der Waals surface area contributed by atoms with Crippen molar-refractivity contribution >= 4 is 23.2 Å². The molecule has 158 valence electrons. The molecule has 0 bridgehead atoms. The highest BCUT2D eigenvalue weighted by Gasteiger charge is 2.38. The van der Waals surface area contributed by atoms with Crippen molar-refractivity contribution in [2.24, 2.45) is 0 Å². The molecule has 2 aromatic rings. The van der Waals surface area contributed by atoms with Crippen molar-refractivity contribution in [1.29, 1.82) is 0 Å². The molecule has 11 heteroatoms. The molecule has 2 N–H and O–H groups in total. The van der Waals surface area contributed by atoms with E-state index in [0.717, 1.165) is 16.2 Å². The lowest BCUT2D eigenvalue weighted by molar-refractivity contribution is -0.192. The van der Waals surface area contributed by atoms with E-state index in [1.165, 1.54) is 0 Å². The van der Waals surface area contributed by atoms with E-state index in [4.69, 9.17) is 19.4 Å². The Bertz CT molecular complexity index is 841. The normalized spacial score (nSPS) is 13.4. The van der Waals surface area contributed by atoms with E-state index >= 15 is 0 Å². The van der Waals surface area contributed by atoms with Crippen molar-refractivity contribution in [3.05, 3.63) is 46.2 Å². The summed E-state index contributed by atoms with van der Waals surface area (Å²) in [4.78, 5) is 24.5. The number of carbonyl (C=O) groups is 2. The molecule has 1 aliphatic rings. The Hall–Kier alpha value is -2.79. The molecular formula is C18H19F3N2O5S.